The van der Waals surface area contributed by atoms with Gasteiger partial charge in [-0.25, -0.2) is 0 Å². The Morgan fingerprint density at radius 3 is 3.06 bits per heavy atom. The second kappa shape index (κ2) is 5.21. The number of hydrogen-bond acceptors (Lipinski definition) is 2. The summed E-state index contributed by atoms with van der Waals surface area (Å²) in [5.74, 6) is 0.618. The Morgan fingerprint density at radius 1 is 1.53 bits per heavy atom. The van der Waals surface area contributed by atoms with Crippen molar-refractivity contribution >= 4 is 5.97 Å². The van der Waals surface area contributed by atoms with E-state index in [1.807, 2.05) is 12.1 Å². The molecule has 1 unspecified atom stereocenters. The van der Waals surface area contributed by atoms with Crippen LogP contribution < -0.4 is 4.74 Å². The molecular formula is C14H18O3. The lowest BCUT2D eigenvalue weighted by molar-refractivity contribution is -0.137. The van der Waals surface area contributed by atoms with Gasteiger partial charge in [0, 0.05) is 6.42 Å². The van der Waals surface area contributed by atoms with Crippen LogP contribution in [0.1, 0.15) is 42.7 Å². The van der Waals surface area contributed by atoms with E-state index in [2.05, 4.69) is 6.07 Å². The Kier molecular flexibility index (Phi) is 3.67. The van der Waals surface area contributed by atoms with Gasteiger partial charge in [0.2, 0.25) is 0 Å². The number of carbonyl (C=O) groups is 1. The van der Waals surface area contributed by atoms with Gasteiger partial charge in [0.1, 0.15) is 5.75 Å². The van der Waals surface area contributed by atoms with Crippen LogP contribution >= 0.6 is 0 Å². The van der Waals surface area contributed by atoms with E-state index in [9.17, 15) is 4.79 Å². The van der Waals surface area contributed by atoms with E-state index in [0.29, 0.717) is 5.92 Å². The van der Waals surface area contributed by atoms with Crippen LogP contribution in [0.25, 0.3) is 0 Å². The predicted octanol–water partition coefficient (Wildman–Crippen LogP) is 2.98. The van der Waals surface area contributed by atoms with E-state index in [4.69, 9.17) is 9.84 Å². The van der Waals surface area contributed by atoms with Gasteiger partial charge in [-0.15, -0.1) is 0 Å². The van der Waals surface area contributed by atoms with E-state index >= 15 is 0 Å². The third kappa shape index (κ3) is 2.60. The van der Waals surface area contributed by atoms with E-state index in [1.165, 1.54) is 11.1 Å². The highest BCUT2D eigenvalue weighted by Crippen LogP contribution is 2.38. The van der Waals surface area contributed by atoms with Gasteiger partial charge in [-0.3, -0.25) is 4.79 Å². The zero-order chi connectivity index (χ0) is 12.3. The van der Waals surface area contributed by atoms with Crippen molar-refractivity contribution in [1.29, 1.82) is 0 Å². The third-order valence-electron chi connectivity index (χ3n) is 3.52. The summed E-state index contributed by atoms with van der Waals surface area (Å²) in [5.41, 5.74) is 2.56. The molecule has 0 radical (unpaired) electrons. The number of carboxylic acid groups (broad SMARTS) is 1. The SMILES string of the molecule is COc1cccc2c1CCCC2CCC(=O)O. The highest BCUT2D eigenvalue weighted by Gasteiger charge is 2.22. The molecular weight excluding hydrogens is 216 g/mol. The molecule has 0 saturated heterocycles. The van der Waals surface area contributed by atoms with Crippen LogP contribution in [0.15, 0.2) is 18.2 Å². The number of ether oxygens (including phenoxy) is 1. The number of aliphatic carboxylic acids is 1. The van der Waals surface area contributed by atoms with Gasteiger partial charge < -0.3 is 9.84 Å². The Morgan fingerprint density at radius 2 is 2.35 bits per heavy atom. The van der Waals surface area contributed by atoms with Gasteiger partial charge in [-0.1, -0.05) is 12.1 Å². The van der Waals surface area contributed by atoms with Crippen LogP contribution in [-0.4, -0.2) is 18.2 Å². The van der Waals surface area contributed by atoms with Crippen LogP contribution in [0.5, 0.6) is 5.75 Å². The number of methoxy groups -OCH3 is 1. The normalized spacial score (nSPS) is 18.5. The average Bonchev–Trinajstić information content (AvgIpc) is 2.35. The molecule has 1 atom stereocenters. The minimum atomic E-state index is -0.708. The number of rotatable bonds is 4. The number of carboxylic acids is 1. The second-order valence-corrected chi connectivity index (χ2v) is 4.55. The Bertz CT molecular complexity index is 412. The summed E-state index contributed by atoms with van der Waals surface area (Å²) in [6.07, 6.45) is 4.24. The van der Waals surface area contributed by atoms with Gasteiger partial charge in [-0.05, 0) is 48.8 Å². The van der Waals surface area contributed by atoms with Gasteiger partial charge in [-0.2, -0.15) is 0 Å². The number of hydrogen-bond donors (Lipinski definition) is 1. The molecule has 0 bridgehead atoms. The zero-order valence-electron chi connectivity index (χ0n) is 10.1. The van der Waals surface area contributed by atoms with Crippen LogP contribution in [0.3, 0.4) is 0 Å². The molecule has 0 amide bonds. The molecule has 1 aromatic carbocycles. The summed E-state index contributed by atoms with van der Waals surface area (Å²) < 4.78 is 5.37. The topological polar surface area (TPSA) is 46.5 Å². The van der Waals surface area contributed by atoms with Crippen molar-refractivity contribution in [3.63, 3.8) is 0 Å². The summed E-state index contributed by atoms with van der Waals surface area (Å²) in [6, 6.07) is 6.10. The molecule has 0 aliphatic heterocycles. The van der Waals surface area contributed by atoms with Crippen LogP contribution in [0, 0.1) is 0 Å². The molecule has 1 aliphatic rings. The fourth-order valence-corrected chi connectivity index (χ4v) is 2.70. The maximum atomic E-state index is 10.7. The van der Waals surface area contributed by atoms with Crippen molar-refractivity contribution < 1.29 is 14.6 Å². The quantitative estimate of drug-likeness (QED) is 0.871. The van der Waals surface area contributed by atoms with Crippen molar-refractivity contribution in [3.05, 3.63) is 29.3 Å². The fourth-order valence-electron chi connectivity index (χ4n) is 2.70. The Hall–Kier alpha value is -1.51. The zero-order valence-corrected chi connectivity index (χ0v) is 10.1. The summed E-state index contributed by atoms with van der Waals surface area (Å²) in [6.45, 7) is 0. The van der Waals surface area contributed by atoms with Crippen molar-refractivity contribution in [3.8, 4) is 5.75 Å². The molecule has 0 heterocycles. The van der Waals surface area contributed by atoms with Crippen molar-refractivity contribution in [2.45, 2.75) is 38.0 Å². The lowest BCUT2D eigenvalue weighted by Gasteiger charge is -2.26. The molecule has 1 N–H and O–H groups in total. The van der Waals surface area contributed by atoms with Gasteiger partial charge in [0.25, 0.3) is 0 Å². The second-order valence-electron chi connectivity index (χ2n) is 4.55. The minimum absolute atomic E-state index is 0.251. The Labute approximate surface area is 101 Å². The van der Waals surface area contributed by atoms with Crippen molar-refractivity contribution in [2.75, 3.05) is 7.11 Å². The monoisotopic (exact) mass is 234 g/mol. The standard InChI is InChI=1S/C14H18O3/c1-17-13-7-3-5-11-10(8-9-14(15)16)4-2-6-12(11)13/h3,5,7,10H,2,4,6,8-9H2,1H3,(H,15,16). The van der Waals surface area contributed by atoms with E-state index in [0.717, 1.165) is 31.4 Å². The molecule has 3 nitrogen and oxygen atoms in total. The van der Waals surface area contributed by atoms with Crippen molar-refractivity contribution in [2.24, 2.45) is 0 Å². The number of benzene rings is 1. The molecule has 17 heavy (non-hydrogen) atoms. The van der Waals surface area contributed by atoms with Crippen molar-refractivity contribution in [1.82, 2.24) is 0 Å². The maximum absolute atomic E-state index is 10.7. The van der Waals surface area contributed by atoms with Crippen LogP contribution in [0.4, 0.5) is 0 Å². The maximum Gasteiger partial charge on any atom is 0.303 e. The van der Waals surface area contributed by atoms with Gasteiger partial charge >= 0.3 is 5.97 Å². The molecule has 1 aromatic rings. The van der Waals surface area contributed by atoms with Gasteiger partial charge in [0.15, 0.2) is 0 Å². The summed E-state index contributed by atoms with van der Waals surface area (Å²) in [5, 5.41) is 8.77. The molecule has 0 aromatic heterocycles. The number of fused-ring (bicyclic) bond motifs is 1. The lowest BCUT2D eigenvalue weighted by atomic mass is 9.80. The first-order chi connectivity index (χ1) is 8.22. The first kappa shape index (κ1) is 12.0. The Balaban J connectivity index is 2.22. The molecule has 92 valence electrons. The molecule has 0 fully saturated rings. The lowest BCUT2D eigenvalue weighted by Crippen LogP contribution is -2.12. The highest BCUT2D eigenvalue weighted by atomic mass is 16.5. The van der Waals surface area contributed by atoms with Crippen LogP contribution in [0.2, 0.25) is 0 Å². The average molecular weight is 234 g/mol. The van der Waals surface area contributed by atoms with Gasteiger partial charge in [0.05, 0.1) is 7.11 Å². The molecule has 0 spiro atoms. The fraction of sp³-hybridized carbons (Fsp3) is 0.500. The summed E-state index contributed by atoms with van der Waals surface area (Å²) in [4.78, 5) is 10.7. The van der Waals surface area contributed by atoms with E-state index < -0.39 is 5.97 Å². The third-order valence-corrected chi connectivity index (χ3v) is 3.52. The molecule has 2 rings (SSSR count). The first-order valence-electron chi connectivity index (χ1n) is 6.10. The smallest absolute Gasteiger partial charge is 0.303 e. The predicted molar refractivity (Wildman–Crippen MR) is 65.5 cm³/mol. The van der Waals surface area contributed by atoms with E-state index in [1.54, 1.807) is 7.11 Å². The summed E-state index contributed by atoms with van der Waals surface area (Å²) >= 11 is 0. The largest absolute Gasteiger partial charge is 0.496 e. The first-order valence-corrected chi connectivity index (χ1v) is 6.10. The summed E-state index contributed by atoms with van der Waals surface area (Å²) in [7, 11) is 1.69. The van der Waals surface area contributed by atoms with Crippen LogP contribution in [-0.2, 0) is 11.2 Å². The minimum Gasteiger partial charge on any atom is -0.496 e. The molecule has 0 saturated carbocycles. The van der Waals surface area contributed by atoms with E-state index in [-0.39, 0.29) is 6.42 Å². The highest BCUT2D eigenvalue weighted by molar-refractivity contribution is 5.66. The molecule has 3 heteroatoms. The molecule has 1 aliphatic carbocycles.